The first kappa shape index (κ1) is 11.2. The van der Waals surface area contributed by atoms with E-state index in [1.54, 1.807) is 11.2 Å². The van der Waals surface area contributed by atoms with Gasteiger partial charge in [0.2, 0.25) is 5.91 Å². The number of nitrogens with zero attached hydrogens (tertiary/aromatic N) is 3. The summed E-state index contributed by atoms with van der Waals surface area (Å²) in [5.41, 5.74) is 1.87. The lowest BCUT2D eigenvalue weighted by Gasteiger charge is -2.09. The van der Waals surface area contributed by atoms with Crippen molar-refractivity contribution in [3.8, 4) is 11.8 Å². The Labute approximate surface area is 106 Å². The molecule has 0 bridgehead atoms. The molecule has 0 atom stereocenters. The first-order valence-corrected chi connectivity index (χ1v) is 6.41. The van der Waals surface area contributed by atoms with Crippen LogP contribution in [0.3, 0.4) is 0 Å². The maximum absolute atomic E-state index is 11.4. The first-order valence-electron chi connectivity index (χ1n) is 6.41. The highest BCUT2D eigenvalue weighted by Crippen LogP contribution is 2.38. The highest BCUT2D eigenvalue weighted by Gasteiger charge is 2.25. The van der Waals surface area contributed by atoms with Gasteiger partial charge in [-0.1, -0.05) is 5.92 Å². The molecule has 2 heterocycles. The SMILES string of the molecule is O=C1CCCN1CC#Cc1cc(C2CC2)ncn1. The van der Waals surface area contributed by atoms with E-state index in [2.05, 4.69) is 21.8 Å². The molecule has 1 aliphatic heterocycles. The van der Waals surface area contributed by atoms with Gasteiger partial charge in [-0.3, -0.25) is 4.79 Å². The summed E-state index contributed by atoms with van der Waals surface area (Å²) < 4.78 is 0. The normalized spacial score (nSPS) is 18.7. The van der Waals surface area contributed by atoms with Crippen LogP contribution in [0.1, 0.15) is 43.0 Å². The van der Waals surface area contributed by atoms with Gasteiger partial charge in [-0.2, -0.15) is 0 Å². The lowest BCUT2D eigenvalue weighted by atomic mass is 10.2. The van der Waals surface area contributed by atoms with Crippen molar-refractivity contribution in [1.29, 1.82) is 0 Å². The molecule has 2 fully saturated rings. The van der Waals surface area contributed by atoms with Crippen molar-refractivity contribution in [2.24, 2.45) is 0 Å². The van der Waals surface area contributed by atoms with Gasteiger partial charge >= 0.3 is 0 Å². The molecule has 1 amide bonds. The van der Waals surface area contributed by atoms with E-state index >= 15 is 0 Å². The van der Waals surface area contributed by atoms with E-state index in [0.29, 0.717) is 18.9 Å². The Morgan fingerprint density at radius 3 is 3.00 bits per heavy atom. The number of carbonyl (C=O) groups is 1. The molecular formula is C14H15N3O. The molecule has 1 saturated carbocycles. The summed E-state index contributed by atoms with van der Waals surface area (Å²) in [7, 11) is 0. The van der Waals surface area contributed by atoms with Gasteiger partial charge in [-0.15, -0.1) is 0 Å². The third-order valence-corrected chi connectivity index (χ3v) is 3.34. The average Bonchev–Trinajstić information content (AvgIpc) is 3.15. The second kappa shape index (κ2) is 4.77. The van der Waals surface area contributed by atoms with E-state index in [1.165, 1.54) is 12.8 Å². The van der Waals surface area contributed by atoms with Crippen molar-refractivity contribution in [3.05, 3.63) is 23.8 Å². The number of likely N-dealkylation sites (tertiary alicyclic amines) is 1. The Morgan fingerprint density at radius 2 is 2.28 bits per heavy atom. The number of amides is 1. The van der Waals surface area contributed by atoms with E-state index in [4.69, 9.17) is 0 Å². The van der Waals surface area contributed by atoms with Crippen LogP contribution >= 0.6 is 0 Å². The fourth-order valence-electron chi connectivity index (χ4n) is 2.14. The molecule has 0 unspecified atom stereocenters. The molecular weight excluding hydrogens is 226 g/mol. The van der Waals surface area contributed by atoms with Crippen LogP contribution in [0.4, 0.5) is 0 Å². The van der Waals surface area contributed by atoms with Crippen LogP contribution in [-0.2, 0) is 4.79 Å². The summed E-state index contributed by atoms with van der Waals surface area (Å²) in [4.78, 5) is 21.6. The van der Waals surface area contributed by atoms with Crippen molar-refractivity contribution >= 4 is 5.91 Å². The topological polar surface area (TPSA) is 46.1 Å². The van der Waals surface area contributed by atoms with Crippen molar-refractivity contribution in [2.75, 3.05) is 13.1 Å². The predicted octanol–water partition coefficient (Wildman–Crippen LogP) is 1.33. The van der Waals surface area contributed by atoms with Gasteiger partial charge in [0.1, 0.15) is 12.0 Å². The van der Waals surface area contributed by atoms with Crippen molar-refractivity contribution in [1.82, 2.24) is 14.9 Å². The summed E-state index contributed by atoms with van der Waals surface area (Å²) in [6.07, 6.45) is 5.66. The zero-order valence-corrected chi connectivity index (χ0v) is 10.2. The first-order chi connectivity index (χ1) is 8.83. The molecule has 3 rings (SSSR count). The van der Waals surface area contributed by atoms with Gasteiger partial charge in [0, 0.05) is 24.6 Å². The molecule has 0 aromatic carbocycles. The fraction of sp³-hybridized carbons (Fsp3) is 0.500. The van der Waals surface area contributed by atoms with Crippen molar-refractivity contribution in [3.63, 3.8) is 0 Å². The number of aromatic nitrogens is 2. The predicted molar refractivity (Wildman–Crippen MR) is 66.7 cm³/mol. The number of carbonyl (C=O) groups excluding carboxylic acids is 1. The molecule has 4 nitrogen and oxygen atoms in total. The molecule has 2 aliphatic rings. The van der Waals surface area contributed by atoms with E-state index in [1.807, 2.05) is 6.07 Å². The van der Waals surface area contributed by atoms with Crippen LogP contribution in [0.25, 0.3) is 0 Å². The highest BCUT2D eigenvalue weighted by molar-refractivity contribution is 5.78. The summed E-state index contributed by atoms with van der Waals surface area (Å²) in [5, 5.41) is 0. The van der Waals surface area contributed by atoms with Gasteiger partial charge in [-0.05, 0) is 31.2 Å². The van der Waals surface area contributed by atoms with Crippen molar-refractivity contribution < 1.29 is 4.79 Å². The summed E-state index contributed by atoms with van der Waals surface area (Å²) in [6, 6.07) is 1.97. The molecule has 0 N–H and O–H groups in total. The average molecular weight is 241 g/mol. The molecule has 92 valence electrons. The third kappa shape index (κ3) is 2.51. The Hall–Kier alpha value is -1.89. The minimum absolute atomic E-state index is 0.214. The fourth-order valence-corrected chi connectivity index (χ4v) is 2.14. The molecule has 1 aliphatic carbocycles. The summed E-state index contributed by atoms with van der Waals surface area (Å²) in [6.45, 7) is 1.35. The van der Waals surface area contributed by atoms with Crippen LogP contribution in [0, 0.1) is 11.8 Å². The second-order valence-electron chi connectivity index (χ2n) is 4.82. The zero-order chi connectivity index (χ0) is 12.4. The van der Waals surface area contributed by atoms with Gasteiger partial charge in [0.15, 0.2) is 0 Å². The van der Waals surface area contributed by atoms with Crippen LogP contribution in [-0.4, -0.2) is 33.9 Å². The monoisotopic (exact) mass is 241 g/mol. The highest BCUT2D eigenvalue weighted by atomic mass is 16.2. The molecule has 1 aromatic heterocycles. The van der Waals surface area contributed by atoms with Gasteiger partial charge in [-0.25, -0.2) is 9.97 Å². The largest absolute Gasteiger partial charge is 0.332 e. The molecule has 18 heavy (non-hydrogen) atoms. The summed E-state index contributed by atoms with van der Waals surface area (Å²) >= 11 is 0. The van der Waals surface area contributed by atoms with Crippen LogP contribution in [0.5, 0.6) is 0 Å². The quantitative estimate of drug-likeness (QED) is 0.734. The Balaban J connectivity index is 1.65. The summed E-state index contributed by atoms with van der Waals surface area (Å²) in [5.74, 6) is 6.88. The minimum atomic E-state index is 0.214. The van der Waals surface area contributed by atoms with E-state index in [9.17, 15) is 4.79 Å². The van der Waals surface area contributed by atoms with Crippen LogP contribution in [0.15, 0.2) is 12.4 Å². The second-order valence-corrected chi connectivity index (χ2v) is 4.82. The molecule has 1 aromatic rings. The Kier molecular flexibility index (Phi) is 2.97. The standard InChI is InChI=1S/C14H15N3O/c18-14-4-2-8-17(14)7-1-3-12-9-13(11-5-6-11)16-10-15-12/h9-11H,2,4-8H2. The Morgan fingerprint density at radius 1 is 1.39 bits per heavy atom. The lowest BCUT2D eigenvalue weighted by molar-refractivity contribution is -0.127. The zero-order valence-electron chi connectivity index (χ0n) is 10.2. The number of hydrogen-bond donors (Lipinski definition) is 0. The minimum Gasteiger partial charge on any atom is -0.332 e. The molecule has 0 spiro atoms. The molecule has 0 radical (unpaired) electrons. The van der Waals surface area contributed by atoms with Crippen molar-refractivity contribution in [2.45, 2.75) is 31.6 Å². The van der Waals surface area contributed by atoms with Gasteiger partial charge in [0.25, 0.3) is 0 Å². The lowest BCUT2D eigenvalue weighted by Crippen LogP contribution is -2.24. The van der Waals surface area contributed by atoms with E-state index in [0.717, 1.165) is 24.4 Å². The number of hydrogen-bond acceptors (Lipinski definition) is 3. The smallest absolute Gasteiger partial charge is 0.223 e. The molecule has 1 saturated heterocycles. The third-order valence-electron chi connectivity index (χ3n) is 3.34. The van der Waals surface area contributed by atoms with Crippen LogP contribution in [0.2, 0.25) is 0 Å². The molecule has 4 heteroatoms. The maximum Gasteiger partial charge on any atom is 0.223 e. The van der Waals surface area contributed by atoms with Gasteiger partial charge in [0.05, 0.1) is 6.54 Å². The Bertz CT molecular complexity index is 525. The van der Waals surface area contributed by atoms with E-state index < -0.39 is 0 Å². The number of rotatable bonds is 2. The maximum atomic E-state index is 11.4. The van der Waals surface area contributed by atoms with Crippen LogP contribution < -0.4 is 0 Å². The van der Waals surface area contributed by atoms with Gasteiger partial charge < -0.3 is 4.90 Å². The van der Waals surface area contributed by atoms with E-state index in [-0.39, 0.29) is 5.91 Å².